The van der Waals surface area contributed by atoms with Crippen LogP contribution in [0.5, 0.6) is 0 Å². The highest BCUT2D eigenvalue weighted by Crippen LogP contribution is 2.10. The monoisotopic (exact) mass is 269 g/mol. The summed E-state index contributed by atoms with van der Waals surface area (Å²) in [6, 6.07) is -0.287. The average molecular weight is 269 g/mol. The first-order chi connectivity index (χ1) is 9.15. The molecule has 1 rings (SSSR count). The van der Waals surface area contributed by atoms with Gasteiger partial charge in [0.2, 0.25) is 11.8 Å². The molecule has 0 aromatic carbocycles. The van der Waals surface area contributed by atoms with Gasteiger partial charge in [-0.3, -0.25) is 14.9 Å². The van der Waals surface area contributed by atoms with Crippen molar-refractivity contribution in [3.8, 4) is 0 Å². The van der Waals surface area contributed by atoms with Crippen LogP contribution in [0.15, 0.2) is 0 Å². The Kier molecular flexibility index (Phi) is 7.48. The second-order valence-corrected chi connectivity index (χ2v) is 5.19. The summed E-state index contributed by atoms with van der Waals surface area (Å²) >= 11 is 0. The minimum Gasteiger partial charge on any atom is -0.355 e. The Labute approximate surface area is 116 Å². The average Bonchev–Trinajstić information content (AvgIpc) is 2.70. The van der Waals surface area contributed by atoms with E-state index in [2.05, 4.69) is 10.6 Å². The van der Waals surface area contributed by atoms with Crippen LogP contribution in [0.3, 0.4) is 0 Å². The summed E-state index contributed by atoms with van der Waals surface area (Å²) in [6.07, 6.45) is 5.54. The minimum absolute atomic E-state index is 0.0441. The van der Waals surface area contributed by atoms with Crippen LogP contribution in [0.4, 0.5) is 0 Å². The second kappa shape index (κ2) is 8.91. The Hall–Kier alpha value is -1.10. The molecule has 5 nitrogen and oxygen atoms in total. The molecule has 1 unspecified atom stereocenters. The van der Waals surface area contributed by atoms with Crippen molar-refractivity contribution < 1.29 is 9.59 Å². The van der Waals surface area contributed by atoms with Crippen LogP contribution in [0.2, 0.25) is 0 Å². The maximum Gasteiger partial charge on any atom is 0.239 e. The van der Waals surface area contributed by atoms with Crippen molar-refractivity contribution in [2.45, 2.75) is 52.0 Å². The Morgan fingerprint density at radius 3 is 2.37 bits per heavy atom. The zero-order valence-electron chi connectivity index (χ0n) is 12.2. The van der Waals surface area contributed by atoms with E-state index >= 15 is 0 Å². The number of nitrogens with zero attached hydrogens (tertiary/aromatic N) is 1. The Morgan fingerprint density at radius 1 is 1.16 bits per heavy atom. The molecule has 0 saturated carbocycles. The van der Waals surface area contributed by atoms with Gasteiger partial charge in [-0.1, -0.05) is 19.8 Å². The van der Waals surface area contributed by atoms with E-state index in [4.69, 9.17) is 0 Å². The number of hydrogen-bond donors (Lipinski definition) is 2. The zero-order valence-corrected chi connectivity index (χ0v) is 12.2. The van der Waals surface area contributed by atoms with E-state index < -0.39 is 0 Å². The van der Waals surface area contributed by atoms with E-state index in [1.165, 1.54) is 12.8 Å². The molecule has 1 saturated heterocycles. The van der Waals surface area contributed by atoms with Crippen molar-refractivity contribution in [3.05, 3.63) is 0 Å². The summed E-state index contributed by atoms with van der Waals surface area (Å²) in [5.41, 5.74) is 0. The van der Waals surface area contributed by atoms with Crippen LogP contribution in [0, 0.1) is 0 Å². The van der Waals surface area contributed by atoms with Gasteiger partial charge in [-0.05, 0) is 26.2 Å². The second-order valence-electron chi connectivity index (χ2n) is 5.19. The molecule has 0 radical (unpaired) electrons. The molecule has 5 heteroatoms. The van der Waals surface area contributed by atoms with Crippen LogP contribution >= 0.6 is 0 Å². The first kappa shape index (κ1) is 16.0. The Morgan fingerprint density at radius 2 is 1.79 bits per heavy atom. The number of amides is 2. The van der Waals surface area contributed by atoms with Crippen LogP contribution in [-0.4, -0.2) is 48.9 Å². The summed E-state index contributed by atoms with van der Waals surface area (Å²) in [5.74, 6) is 0.0718. The predicted molar refractivity (Wildman–Crippen MR) is 75.8 cm³/mol. The molecule has 1 aliphatic rings. The highest BCUT2D eigenvalue weighted by Gasteiger charge is 2.21. The van der Waals surface area contributed by atoms with Gasteiger partial charge in [0.05, 0.1) is 12.6 Å². The van der Waals surface area contributed by atoms with Gasteiger partial charge >= 0.3 is 0 Å². The van der Waals surface area contributed by atoms with Crippen molar-refractivity contribution in [2.75, 3.05) is 26.2 Å². The Balaban J connectivity index is 2.29. The van der Waals surface area contributed by atoms with Gasteiger partial charge in [-0.2, -0.15) is 0 Å². The SMILES string of the molecule is CCCNC(=O)CNC(C)C(=O)N1CCCCCC1. The van der Waals surface area contributed by atoms with Gasteiger partial charge in [0, 0.05) is 19.6 Å². The molecular weight excluding hydrogens is 242 g/mol. The minimum atomic E-state index is -0.287. The topological polar surface area (TPSA) is 61.4 Å². The first-order valence-corrected chi connectivity index (χ1v) is 7.44. The van der Waals surface area contributed by atoms with Crippen LogP contribution in [-0.2, 0) is 9.59 Å². The molecular formula is C14H27N3O2. The summed E-state index contributed by atoms with van der Waals surface area (Å²) in [5, 5.41) is 5.80. The molecule has 0 aromatic rings. The third kappa shape index (κ3) is 6.05. The molecule has 19 heavy (non-hydrogen) atoms. The van der Waals surface area contributed by atoms with Crippen molar-refractivity contribution >= 4 is 11.8 Å². The molecule has 2 N–H and O–H groups in total. The van der Waals surface area contributed by atoms with Gasteiger partial charge in [-0.15, -0.1) is 0 Å². The van der Waals surface area contributed by atoms with Crippen molar-refractivity contribution in [1.29, 1.82) is 0 Å². The van der Waals surface area contributed by atoms with E-state index in [0.717, 1.165) is 32.4 Å². The van der Waals surface area contributed by atoms with Crippen molar-refractivity contribution in [1.82, 2.24) is 15.5 Å². The maximum absolute atomic E-state index is 12.2. The lowest BCUT2D eigenvalue weighted by Gasteiger charge is -2.24. The molecule has 1 aliphatic heterocycles. The maximum atomic E-state index is 12.2. The number of hydrogen-bond acceptors (Lipinski definition) is 3. The third-order valence-electron chi connectivity index (χ3n) is 3.43. The standard InChI is InChI=1S/C14H27N3O2/c1-3-8-15-13(18)11-16-12(2)14(19)17-9-6-4-5-7-10-17/h12,16H,3-11H2,1-2H3,(H,15,18). The van der Waals surface area contributed by atoms with Gasteiger partial charge in [-0.25, -0.2) is 0 Å². The smallest absolute Gasteiger partial charge is 0.239 e. The molecule has 0 aliphatic carbocycles. The largest absolute Gasteiger partial charge is 0.355 e. The summed E-state index contributed by atoms with van der Waals surface area (Å²) in [7, 11) is 0. The number of rotatable bonds is 6. The number of carbonyl (C=O) groups is 2. The lowest BCUT2D eigenvalue weighted by atomic mass is 10.2. The normalized spacial score (nSPS) is 17.7. The highest BCUT2D eigenvalue weighted by atomic mass is 16.2. The first-order valence-electron chi connectivity index (χ1n) is 7.44. The summed E-state index contributed by atoms with van der Waals surface area (Å²) in [4.78, 5) is 25.6. The fourth-order valence-electron chi connectivity index (χ4n) is 2.22. The predicted octanol–water partition coefficient (Wildman–Crippen LogP) is 0.893. The third-order valence-corrected chi connectivity index (χ3v) is 3.43. The van der Waals surface area contributed by atoms with Gasteiger partial charge in [0.25, 0.3) is 0 Å². The molecule has 2 amide bonds. The van der Waals surface area contributed by atoms with E-state index in [9.17, 15) is 9.59 Å². The number of nitrogens with one attached hydrogen (secondary N) is 2. The van der Waals surface area contributed by atoms with Crippen molar-refractivity contribution in [2.24, 2.45) is 0 Å². The Bertz CT molecular complexity index is 286. The number of likely N-dealkylation sites (tertiary alicyclic amines) is 1. The van der Waals surface area contributed by atoms with Crippen molar-refractivity contribution in [3.63, 3.8) is 0 Å². The molecule has 0 aromatic heterocycles. The summed E-state index contributed by atoms with van der Waals surface area (Å²) < 4.78 is 0. The highest BCUT2D eigenvalue weighted by molar-refractivity contribution is 5.83. The quantitative estimate of drug-likeness (QED) is 0.753. The lowest BCUT2D eigenvalue weighted by molar-refractivity contribution is -0.133. The molecule has 0 spiro atoms. The molecule has 110 valence electrons. The van der Waals surface area contributed by atoms with Gasteiger partial charge in [0.1, 0.15) is 0 Å². The lowest BCUT2D eigenvalue weighted by Crippen LogP contribution is -2.48. The molecule has 1 heterocycles. The zero-order chi connectivity index (χ0) is 14.1. The molecule has 0 bridgehead atoms. The molecule has 1 fully saturated rings. The fraction of sp³-hybridized carbons (Fsp3) is 0.857. The van der Waals surface area contributed by atoms with Crippen LogP contribution in [0.1, 0.15) is 46.0 Å². The van der Waals surface area contributed by atoms with Gasteiger partial charge < -0.3 is 10.2 Å². The van der Waals surface area contributed by atoms with Gasteiger partial charge in [0.15, 0.2) is 0 Å². The summed E-state index contributed by atoms with van der Waals surface area (Å²) in [6.45, 7) is 6.45. The number of carbonyl (C=O) groups excluding carboxylic acids is 2. The van der Waals surface area contributed by atoms with E-state index in [1.54, 1.807) is 0 Å². The van der Waals surface area contributed by atoms with E-state index in [0.29, 0.717) is 6.54 Å². The van der Waals surface area contributed by atoms with Crippen LogP contribution in [0.25, 0.3) is 0 Å². The fourth-order valence-corrected chi connectivity index (χ4v) is 2.22. The van der Waals surface area contributed by atoms with Crippen LogP contribution < -0.4 is 10.6 Å². The van der Waals surface area contributed by atoms with E-state index in [1.807, 2.05) is 18.7 Å². The van der Waals surface area contributed by atoms with E-state index in [-0.39, 0.29) is 24.4 Å². The molecule has 1 atom stereocenters.